The van der Waals surface area contributed by atoms with E-state index in [1.54, 1.807) is 10.9 Å². The fraction of sp³-hybridized carbons (Fsp3) is 0.171. The Morgan fingerprint density at radius 2 is 1.64 bits per heavy atom. The van der Waals surface area contributed by atoms with Crippen LogP contribution in [0.4, 0.5) is 0 Å². The molecule has 1 N–H and O–H groups in total. The van der Waals surface area contributed by atoms with Crippen molar-refractivity contribution < 1.29 is 14.3 Å². The van der Waals surface area contributed by atoms with E-state index in [2.05, 4.69) is 24.4 Å². The number of aryl methyl sites for hydroxylation is 1. The van der Waals surface area contributed by atoms with Crippen LogP contribution < -0.4 is 14.9 Å². The molecule has 0 bridgehead atoms. The van der Waals surface area contributed by atoms with Crippen LogP contribution in [0.5, 0.6) is 11.5 Å². The summed E-state index contributed by atoms with van der Waals surface area (Å²) in [5.41, 5.74) is 9.11. The predicted octanol–water partition coefficient (Wildman–Crippen LogP) is 7.08. The van der Waals surface area contributed by atoms with Gasteiger partial charge in [0.05, 0.1) is 11.9 Å². The zero-order valence-corrected chi connectivity index (χ0v) is 24.0. The molecule has 0 aliphatic carbocycles. The van der Waals surface area contributed by atoms with Gasteiger partial charge in [0.15, 0.2) is 6.61 Å². The van der Waals surface area contributed by atoms with Gasteiger partial charge in [-0.25, -0.2) is 10.1 Å². The number of hydrogen-bond donors (Lipinski definition) is 1. The lowest BCUT2D eigenvalue weighted by molar-refractivity contribution is -0.123. The molecule has 0 saturated heterocycles. The van der Waals surface area contributed by atoms with Crippen LogP contribution in [-0.2, 0) is 11.4 Å². The van der Waals surface area contributed by atoms with E-state index in [1.807, 2.05) is 116 Å². The Balaban J connectivity index is 1.29. The summed E-state index contributed by atoms with van der Waals surface area (Å²) in [7, 11) is 0. The molecule has 0 saturated carbocycles. The van der Waals surface area contributed by atoms with Crippen LogP contribution in [-0.4, -0.2) is 28.5 Å². The van der Waals surface area contributed by atoms with Gasteiger partial charge in [0.2, 0.25) is 0 Å². The number of amides is 1. The maximum Gasteiger partial charge on any atom is 0.277 e. The average Bonchev–Trinajstić information content (AvgIpc) is 3.44. The van der Waals surface area contributed by atoms with E-state index in [-0.39, 0.29) is 18.4 Å². The van der Waals surface area contributed by atoms with Crippen LogP contribution in [0.1, 0.15) is 42.0 Å². The highest BCUT2D eigenvalue weighted by Crippen LogP contribution is 2.28. The van der Waals surface area contributed by atoms with E-state index in [0.29, 0.717) is 12.4 Å². The van der Waals surface area contributed by atoms with Crippen LogP contribution >= 0.6 is 0 Å². The maximum absolute atomic E-state index is 12.6. The van der Waals surface area contributed by atoms with Gasteiger partial charge in [0.25, 0.3) is 5.91 Å². The van der Waals surface area contributed by atoms with Gasteiger partial charge in [-0.05, 0) is 72.0 Å². The highest BCUT2D eigenvalue weighted by atomic mass is 16.5. The molecule has 0 atom stereocenters. The SMILES string of the molecule is Cc1ccc(C(C)C)c(OCC(=O)N/N=C\c2cn(-c3ccccc3)nc2-c2ccc(OCc3ccccc3)cc2)c1. The van der Waals surface area contributed by atoms with Crippen LogP contribution in [0.3, 0.4) is 0 Å². The molecule has 1 amide bonds. The first-order chi connectivity index (χ1) is 20.5. The summed E-state index contributed by atoms with van der Waals surface area (Å²) < 4.78 is 13.6. The molecule has 212 valence electrons. The Bertz CT molecular complexity index is 1640. The second-order valence-corrected chi connectivity index (χ2v) is 10.3. The second kappa shape index (κ2) is 13.5. The first-order valence-electron chi connectivity index (χ1n) is 13.9. The molecule has 5 aromatic rings. The topological polar surface area (TPSA) is 77.7 Å². The minimum atomic E-state index is -0.348. The number of benzene rings is 4. The lowest BCUT2D eigenvalue weighted by atomic mass is 10.0. The molecule has 0 radical (unpaired) electrons. The fourth-order valence-electron chi connectivity index (χ4n) is 4.46. The number of carbonyl (C=O) groups is 1. The molecule has 0 unspecified atom stereocenters. The number of rotatable bonds is 11. The van der Waals surface area contributed by atoms with E-state index in [4.69, 9.17) is 14.6 Å². The minimum Gasteiger partial charge on any atom is -0.489 e. The fourth-order valence-corrected chi connectivity index (χ4v) is 4.46. The second-order valence-electron chi connectivity index (χ2n) is 10.3. The van der Waals surface area contributed by atoms with Crippen LogP contribution in [0.15, 0.2) is 114 Å². The highest BCUT2D eigenvalue weighted by Gasteiger charge is 2.13. The third kappa shape index (κ3) is 7.31. The molecular formula is C35H34N4O3. The minimum absolute atomic E-state index is 0.138. The zero-order valence-electron chi connectivity index (χ0n) is 24.0. The Morgan fingerprint density at radius 3 is 2.36 bits per heavy atom. The molecule has 4 aromatic carbocycles. The molecule has 0 aliphatic heterocycles. The summed E-state index contributed by atoms with van der Waals surface area (Å²) in [6, 6.07) is 33.7. The number of ether oxygens (including phenoxy) is 2. The summed E-state index contributed by atoms with van der Waals surface area (Å²) in [6.45, 7) is 6.55. The number of para-hydroxylation sites is 1. The quantitative estimate of drug-likeness (QED) is 0.139. The number of nitrogens with zero attached hydrogens (tertiary/aromatic N) is 3. The van der Waals surface area contributed by atoms with Crippen molar-refractivity contribution in [3.05, 3.63) is 132 Å². The Hall–Kier alpha value is -5.17. The Morgan fingerprint density at radius 1 is 0.929 bits per heavy atom. The van der Waals surface area contributed by atoms with Crippen LogP contribution in [0.2, 0.25) is 0 Å². The van der Waals surface area contributed by atoms with Gasteiger partial charge < -0.3 is 9.47 Å². The van der Waals surface area contributed by atoms with E-state index in [0.717, 1.165) is 44.9 Å². The summed E-state index contributed by atoms with van der Waals surface area (Å²) in [4.78, 5) is 12.6. The maximum atomic E-state index is 12.6. The number of hydrogen-bond acceptors (Lipinski definition) is 5. The third-order valence-corrected chi connectivity index (χ3v) is 6.68. The summed E-state index contributed by atoms with van der Waals surface area (Å²) in [5, 5.41) is 9.05. The van der Waals surface area contributed by atoms with Crippen molar-refractivity contribution >= 4 is 12.1 Å². The molecular weight excluding hydrogens is 524 g/mol. The van der Waals surface area contributed by atoms with Gasteiger partial charge in [-0.15, -0.1) is 0 Å². The summed E-state index contributed by atoms with van der Waals surface area (Å²) in [6.07, 6.45) is 3.49. The van der Waals surface area contributed by atoms with Gasteiger partial charge >= 0.3 is 0 Å². The molecule has 42 heavy (non-hydrogen) atoms. The van der Waals surface area contributed by atoms with Gasteiger partial charge in [-0.1, -0.05) is 74.5 Å². The molecule has 7 nitrogen and oxygen atoms in total. The molecule has 0 spiro atoms. The standard InChI is InChI=1S/C35H34N4O3/c1-25(2)32-19-14-26(3)20-33(32)42-24-34(40)37-36-21-29-22-39(30-12-8-5-9-13-30)38-35(29)28-15-17-31(18-16-28)41-23-27-10-6-4-7-11-27/h4-22,25H,23-24H2,1-3H3,(H,37,40)/b36-21-. The third-order valence-electron chi connectivity index (χ3n) is 6.68. The normalized spacial score (nSPS) is 11.1. The summed E-state index contributed by atoms with van der Waals surface area (Å²) in [5.74, 6) is 1.42. The summed E-state index contributed by atoms with van der Waals surface area (Å²) >= 11 is 0. The van der Waals surface area contributed by atoms with Crippen molar-refractivity contribution in [1.29, 1.82) is 0 Å². The number of carbonyl (C=O) groups excluding carboxylic acids is 1. The lowest BCUT2D eigenvalue weighted by Gasteiger charge is -2.14. The molecule has 1 aromatic heterocycles. The van der Waals surface area contributed by atoms with Gasteiger partial charge in [-0.2, -0.15) is 10.2 Å². The first-order valence-corrected chi connectivity index (χ1v) is 13.9. The van der Waals surface area contributed by atoms with Crippen molar-refractivity contribution in [3.63, 3.8) is 0 Å². The van der Waals surface area contributed by atoms with Crippen molar-refractivity contribution in [3.8, 4) is 28.4 Å². The lowest BCUT2D eigenvalue weighted by Crippen LogP contribution is -2.25. The zero-order chi connectivity index (χ0) is 29.3. The van der Waals surface area contributed by atoms with E-state index >= 15 is 0 Å². The molecule has 7 heteroatoms. The molecule has 0 fully saturated rings. The van der Waals surface area contributed by atoms with Crippen molar-refractivity contribution in [2.75, 3.05) is 6.61 Å². The van der Waals surface area contributed by atoms with Crippen LogP contribution in [0, 0.1) is 6.92 Å². The van der Waals surface area contributed by atoms with Crippen molar-refractivity contribution in [2.24, 2.45) is 5.10 Å². The van der Waals surface area contributed by atoms with E-state index < -0.39 is 0 Å². The van der Waals surface area contributed by atoms with Gasteiger partial charge in [0.1, 0.15) is 23.8 Å². The predicted molar refractivity (Wildman–Crippen MR) is 166 cm³/mol. The molecule has 0 aliphatic rings. The Kier molecular flexibility index (Phi) is 9.09. The monoisotopic (exact) mass is 558 g/mol. The average molecular weight is 559 g/mol. The van der Waals surface area contributed by atoms with Crippen LogP contribution in [0.25, 0.3) is 16.9 Å². The highest BCUT2D eigenvalue weighted by molar-refractivity contribution is 5.89. The van der Waals surface area contributed by atoms with E-state index in [1.165, 1.54) is 0 Å². The van der Waals surface area contributed by atoms with E-state index in [9.17, 15) is 4.79 Å². The number of nitrogens with one attached hydrogen (secondary N) is 1. The number of hydrazone groups is 1. The smallest absolute Gasteiger partial charge is 0.277 e. The Labute approximate surface area is 246 Å². The molecule has 1 heterocycles. The van der Waals surface area contributed by atoms with Crippen molar-refractivity contribution in [1.82, 2.24) is 15.2 Å². The largest absolute Gasteiger partial charge is 0.489 e. The number of aromatic nitrogens is 2. The molecule has 5 rings (SSSR count). The van der Waals surface area contributed by atoms with Crippen molar-refractivity contribution in [2.45, 2.75) is 33.3 Å². The van der Waals surface area contributed by atoms with Gasteiger partial charge in [0, 0.05) is 17.3 Å². The van der Waals surface area contributed by atoms with Gasteiger partial charge in [-0.3, -0.25) is 4.79 Å². The first kappa shape index (κ1) is 28.4.